The van der Waals surface area contributed by atoms with Crippen LogP contribution in [0.2, 0.25) is 0 Å². The van der Waals surface area contributed by atoms with Crippen molar-refractivity contribution < 1.29 is 4.21 Å². The van der Waals surface area contributed by atoms with Gasteiger partial charge in [-0.25, -0.2) is 0 Å². The molecule has 3 heteroatoms. The number of anilines is 1. The Balaban J connectivity index is 2.68. The lowest BCUT2D eigenvalue weighted by atomic mass is 10.0. The highest BCUT2D eigenvalue weighted by molar-refractivity contribution is 7.85. The molecule has 1 aromatic carbocycles. The smallest absolute Gasteiger partial charge is 0.0535 e. The molecule has 2 atom stereocenters. The maximum Gasteiger partial charge on any atom is 0.0535 e. The van der Waals surface area contributed by atoms with E-state index in [0.29, 0.717) is 5.92 Å². The van der Waals surface area contributed by atoms with Gasteiger partial charge in [0.25, 0.3) is 0 Å². The van der Waals surface area contributed by atoms with Crippen molar-refractivity contribution in [1.82, 2.24) is 0 Å². The van der Waals surface area contributed by atoms with Gasteiger partial charge in [-0.3, -0.25) is 4.21 Å². The van der Waals surface area contributed by atoms with Crippen molar-refractivity contribution in [1.29, 1.82) is 0 Å². The number of nitrogen functional groups attached to an aromatic ring is 1. The summed E-state index contributed by atoms with van der Waals surface area (Å²) in [6.45, 7) is 6.37. The molecular formula is C15H25NOS. The third kappa shape index (κ3) is 4.45. The van der Waals surface area contributed by atoms with E-state index in [1.165, 1.54) is 19.3 Å². The van der Waals surface area contributed by atoms with Crippen molar-refractivity contribution in [2.75, 3.05) is 11.5 Å². The predicted molar refractivity (Wildman–Crippen MR) is 80.2 cm³/mol. The zero-order valence-electron chi connectivity index (χ0n) is 11.7. The highest BCUT2D eigenvalue weighted by atomic mass is 32.2. The van der Waals surface area contributed by atoms with Gasteiger partial charge in [0.05, 0.1) is 10.8 Å². The van der Waals surface area contributed by atoms with Crippen LogP contribution in [-0.2, 0) is 10.8 Å². The van der Waals surface area contributed by atoms with E-state index < -0.39 is 10.8 Å². The molecule has 102 valence electrons. The molecule has 0 aliphatic carbocycles. The number of nitrogens with two attached hydrogens (primary N) is 1. The molecule has 18 heavy (non-hydrogen) atoms. The molecule has 2 nitrogen and oxygen atoms in total. The highest BCUT2D eigenvalue weighted by Gasteiger charge is 2.13. The molecule has 2 N–H and O–H groups in total. The second kappa shape index (κ2) is 7.57. The number of hydrogen-bond acceptors (Lipinski definition) is 2. The summed E-state index contributed by atoms with van der Waals surface area (Å²) in [5, 5.41) is 0. The summed E-state index contributed by atoms with van der Waals surface area (Å²) in [6.07, 6.45) is 4.74. The Morgan fingerprint density at radius 1 is 1.33 bits per heavy atom. The molecule has 1 rings (SSSR count). The number of aryl methyl sites for hydroxylation is 1. The summed E-state index contributed by atoms with van der Waals surface area (Å²) >= 11 is 0. The molecule has 0 aromatic heterocycles. The molecule has 0 saturated carbocycles. The molecule has 0 radical (unpaired) electrons. The maximum atomic E-state index is 12.4. The Labute approximate surface area is 113 Å². The fourth-order valence-corrected chi connectivity index (χ4v) is 3.78. The lowest BCUT2D eigenvalue weighted by Crippen LogP contribution is -2.11. The quantitative estimate of drug-likeness (QED) is 0.761. The number of rotatable bonds is 7. The van der Waals surface area contributed by atoms with E-state index in [1.807, 2.05) is 25.1 Å². The number of benzene rings is 1. The van der Waals surface area contributed by atoms with Gasteiger partial charge >= 0.3 is 0 Å². The van der Waals surface area contributed by atoms with Gasteiger partial charge in [-0.15, -0.1) is 0 Å². The van der Waals surface area contributed by atoms with Crippen LogP contribution in [0.5, 0.6) is 0 Å². The van der Waals surface area contributed by atoms with E-state index in [2.05, 4.69) is 13.8 Å². The minimum atomic E-state index is -0.892. The lowest BCUT2D eigenvalue weighted by molar-refractivity contribution is 0.494. The Bertz CT molecular complexity index is 403. The van der Waals surface area contributed by atoms with Crippen LogP contribution in [0, 0.1) is 12.8 Å². The van der Waals surface area contributed by atoms with Crippen molar-refractivity contribution in [3.05, 3.63) is 23.8 Å². The first-order valence-electron chi connectivity index (χ1n) is 6.83. The van der Waals surface area contributed by atoms with Gasteiger partial charge in [0, 0.05) is 16.3 Å². The Hall–Kier alpha value is -0.830. The number of unbranched alkanes of at least 4 members (excludes halogenated alkanes) is 1. The third-order valence-corrected chi connectivity index (χ3v) is 5.10. The monoisotopic (exact) mass is 267 g/mol. The predicted octanol–water partition coefficient (Wildman–Crippen LogP) is 3.90. The standard InChI is InChI=1S/C15H25NOS/c1-4-6-7-13(5-2)11-18(17)15-9-8-14(16)10-12(15)3/h8-10,13H,4-7,11,16H2,1-3H3. The van der Waals surface area contributed by atoms with Crippen LogP contribution in [0.25, 0.3) is 0 Å². The van der Waals surface area contributed by atoms with Crippen molar-refractivity contribution in [3.8, 4) is 0 Å². The van der Waals surface area contributed by atoms with Gasteiger partial charge in [-0.1, -0.05) is 33.1 Å². The van der Waals surface area contributed by atoms with Gasteiger partial charge in [-0.2, -0.15) is 0 Å². The van der Waals surface area contributed by atoms with Crippen LogP contribution >= 0.6 is 0 Å². The van der Waals surface area contributed by atoms with Crippen LogP contribution < -0.4 is 5.73 Å². The van der Waals surface area contributed by atoms with Crippen LogP contribution in [0.1, 0.15) is 45.1 Å². The van der Waals surface area contributed by atoms with E-state index in [1.54, 1.807) is 0 Å². The molecule has 0 fully saturated rings. The fourth-order valence-electron chi connectivity index (χ4n) is 2.13. The molecule has 0 bridgehead atoms. The van der Waals surface area contributed by atoms with Gasteiger partial charge in [-0.05, 0) is 43.0 Å². The summed E-state index contributed by atoms with van der Waals surface area (Å²) < 4.78 is 12.4. The average molecular weight is 267 g/mol. The largest absolute Gasteiger partial charge is 0.399 e. The fraction of sp³-hybridized carbons (Fsp3) is 0.600. The summed E-state index contributed by atoms with van der Waals surface area (Å²) in [7, 11) is -0.892. The third-order valence-electron chi connectivity index (χ3n) is 3.37. The number of hydrogen-bond donors (Lipinski definition) is 1. The molecule has 0 heterocycles. The molecule has 1 aromatic rings. The van der Waals surface area contributed by atoms with Crippen LogP contribution in [0.4, 0.5) is 5.69 Å². The molecule has 0 amide bonds. The minimum absolute atomic E-state index is 0.572. The van der Waals surface area contributed by atoms with E-state index >= 15 is 0 Å². The van der Waals surface area contributed by atoms with Gasteiger partial charge in [0.1, 0.15) is 0 Å². The van der Waals surface area contributed by atoms with E-state index in [4.69, 9.17) is 5.73 Å². The summed E-state index contributed by atoms with van der Waals surface area (Å²) in [5.41, 5.74) is 7.50. The Morgan fingerprint density at radius 2 is 2.06 bits per heavy atom. The summed E-state index contributed by atoms with van der Waals surface area (Å²) in [4.78, 5) is 0.944. The second-order valence-electron chi connectivity index (χ2n) is 4.95. The van der Waals surface area contributed by atoms with Crippen molar-refractivity contribution >= 4 is 16.5 Å². The maximum absolute atomic E-state index is 12.4. The van der Waals surface area contributed by atoms with Crippen LogP contribution in [0.3, 0.4) is 0 Å². The van der Waals surface area contributed by atoms with Crippen molar-refractivity contribution in [2.24, 2.45) is 5.92 Å². The average Bonchev–Trinajstić information content (AvgIpc) is 2.34. The summed E-state index contributed by atoms with van der Waals surface area (Å²) in [5.74, 6) is 1.35. The Kier molecular flexibility index (Phi) is 6.41. The minimum Gasteiger partial charge on any atom is -0.399 e. The zero-order chi connectivity index (χ0) is 13.5. The SMILES string of the molecule is CCCCC(CC)CS(=O)c1ccc(N)cc1C. The highest BCUT2D eigenvalue weighted by Crippen LogP contribution is 2.21. The molecule has 0 aliphatic heterocycles. The first-order chi connectivity index (χ1) is 8.58. The van der Waals surface area contributed by atoms with E-state index in [9.17, 15) is 4.21 Å². The van der Waals surface area contributed by atoms with Gasteiger partial charge < -0.3 is 5.73 Å². The van der Waals surface area contributed by atoms with Crippen LogP contribution in [-0.4, -0.2) is 9.96 Å². The van der Waals surface area contributed by atoms with Crippen molar-refractivity contribution in [2.45, 2.75) is 51.3 Å². The molecule has 0 aliphatic rings. The van der Waals surface area contributed by atoms with Crippen molar-refractivity contribution in [3.63, 3.8) is 0 Å². The zero-order valence-corrected chi connectivity index (χ0v) is 12.6. The first-order valence-corrected chi connectivity index (χ1v) is 8.14. The van der Waals surface area contributed by atoms with Gasteiger partial charge in [0.15, 0.2) is 0 Å². The molecular weight excluding hydrogens is 242 g/mol. The van der Waals surface area contributed by atoms with Crippen LogP contribution in [0.15, 0.2) is 23.1 Å². The van der Waals surface area contributed by atoms with Gasteiger partial charge in [0.2, 0.25) is 0 Å². The molecule has 0 spiro atoms. The normalized spacial score (nSPS) is 14.4. The molecule has 2 unspecified atom stereocenters. The van der Waals surface area contributed by atoms with E-state index in [-0.39, 0.29) is 0 Å². The molecule has 0 saturated heterocycles. The summed E-state index contributed by atoms with van der Waals surface area (Å²) in [6, 6.07) is 5.65. The van der Waals surface area contributed by atoms with E-state index in [0.717, 1.165) is 28.3 Å². The Morgan fingerprint density at radius 3 is 2.61 bits per heavy atom. The lowest BCUT2D eigenvalue weighted by Gasteiger charge is -2.15. The topological polar surface area (TPSA) is 43.1 Å². The second-order valence-corrected chi connectivity index (χ2v) is 6.42. The first kappa shape index (κ1) is 15.2.